The summed E-state index contributed by atoms with van der Waals surface area (Å²) in [5.74, 6) is 1.32. The number of thiophene rings is 1. The highest BCUT2D eigenvalue weighted by Gasteiger charge is 2.21. The predicted octanol–water partition coefficient (Wildman–Crippen LogP) is 5.89. The van der Waals surface area contributed by atoms with Gasteiger partial charge in [0.1, 0.15) is 4.83 Å². The molecule has 1 amide bonds. The number of nitrogens with zero attached hydrogens (tertiary/aromatic N) is 2. The average Bonchev–Trinajstić information content (AvgIpc) is 3.32. The molecule has 2 heterocycles. The van der Waals surface area contributed by atoms with E-state index < -0.39 is 0 Å². The van der Waals surface area contributed by atoms with Gasteiger partial charge in [-0.05, 0) is 48.7 Å². The van der Waals surface area contributed by atoms with Crippen molar-refractivity contribution < 1.29 is 14.3 Å². The molecule has 0 saturated carbocycles. The van der Waals surface area contributed by atoms with Gasteiger partial charge in [-0.15, -0.1) is 11.3 Å². The van der Waals surface area contributed by atoms with Gasteiger partial charge < -0.3 is 14.8 Å². The lowest BCUT2D eigenvalue weighted by Gasteiger charge is -2.13. The second-order valence-corrected chi connectivity index (χ2v) is 11.2. The Morgan fingerprint density at radius 3 is 2.38 bits per heavy atom. The van der Waals surface area contributed by atoms with Crippen LogP contribution in [0.3, 0.4) is 0 Å². The topological polar surface area (TPSA) is 82.5 Å². The van der Waals surface area contributed by atoms with Gasteiger partial charge in [-0.2, -0.15) is 0 Å². The van der Waals surface area contributed by atoms with Crippen molar-refractivity contribution in [3.05, 3.63) is 99.7 Å². The van der Waals surface area contributed by atoms with Crippen LogP contribution >= 0.6 is 23.1 Å². The summed E-state index contributed by atoms with van der Waals surface area (Å²) in [5.41, 5.74) is 3.49. The van der Waals surface area contributed by atoms with Crippen molar-refractivity contribution in [1.29, 1.82) is 0 Å². The van der Waals surface area contributed by atoms with Gasteiger partial charge in [-0.25, -0.2) is 4.98 Å². The Morgan fingerprint density at radius 1 is 0.975 bits per heavy atom. The van der Waals surface area contributed by atoms with Crippen molar-refractivity contribution in [3.8, 4) is 28.3 Å². The number of para-hydroxylation sites is 1. The lowest BCUT2D eigenvalue weighted by molar-refractivity contribution is -0.118. The maximum atomic E-state index is 14.0. The minimum absolute atomic E-state index is 0.132. The number of methoxy groups -OCH3 is 2. The Labute approximate surface area is 240 Å². The molecule has 3 aromatic carbocycles. The van der Waals surface area contributed by atoms with E-state index >= 15 is 0 Å². The molecule has 0 atom stereocenters. The van der Waals surface area contributed by atoms with E-state index in [1.807, 2.05) is 85.8 Å². The molecule has 0 bridgehead atoms. The Hall–Kier alpha value is -4.08. The van der Waals surface area contributed by atoms with Crippen LogP contribution < -0.4 is 20.3 Å². The minimum Gasteiger partial charge on any atom is -0.493 e. The summed E-state index contributed by atoms with van der Waals surface area (Å²) in [6.07, 6.45) is 0.645. The van der Waals surface area contributed by atoms with E-state index in [9.17, 15) is 9.59 Å². The van der Waals surface area contributed by atoms with Crippen molar-refractivity contribution in [2.45, 2.75) is 18.5 Å². The second kappa shape index (κ2) is 12.4. The molecule has 0 fully saturated rings. The van der Waals surface area contributed by atoms with Crippen LogP contribution in [0.1, 0.15) is 10.4 Å². The van der Waals surface area contributed by atoms with Crippen LogP contribution in [-0.4, -0.2) is 42.0 Å². The number of amides is 1. The van der Waals surface area contributed by atoms with Crippen molar-refractivity contribution >= 4 is 39.2 Å². The summed E-state index contributed by atoms with van der Waals surface area (Å²) in [7, 11) is 3.20. The Balaban J connectivity index is 1.38. The first-order chi connectivity index (χ1) is 19.5. The molecule has 5 rings (SSSR count). The zero-order valence-corrected chi connectivity index (χ0v) is 24.1. The van der Waals surface area contributed by atoms with Crippen LogP contribution in [0.15, 0.2) is 88.8 Å². The van der Waals surface area contributed by atoms with E-state index in [2.05, 4.69) is 5.32 Å². The third-order valence-corrected chi connectivity index (χ3v) is 8.40. The van der Waals surface area contributed by atoms with Crippen LogP contribution in [0.5, 0.6) is 11.5 Å². The minimum atomic E-state index is -0.143. The first-order valence-electron chi connectivity index (χ1n) is 12.8. The first kappa shape index (κ1) is 27.5. The zero-order valence-electron chi connectivity index (χ0n) is 22.5. The number of carbonyl (C=O) groups is 1. The van der Waals surface area contributed by atoms with Crippen LogP contribution in [0, 0.1) is 6.92 Å². The number of fused-ring (bicyclic) bond motifs is 1. The fraction of sp³-hybridized carbons (Fsp3) is 0.194. The molecule has 0 aliphatic heterocycles. The van der Waals surface area contributed by atoms with E-state index in [1.165, 1.54) is 23.1 Å². The standard InChI is InChI=1S/C31H29N3O4S2/c1-20-27(22-10-6-4-7-11-22)28-29(40-20)33-31(34(30(28)36)23-12-8-5-9-13-23)39-19-26(35)32-17-16-21-14-15-24(37-2)25(18-21)38-3/h4-15,18H,16-17,19H2,1-3H3,(H,32,35). The average molecular weight is 572 g/mol. The number of thioether (sulfide) groups is 1. The van der Waals surface area contributed by atoms with E-state index in [0.717, 1.165) is 21.6 Å². The van der Waals surface area contributed by atoms with E-state index in [-0.39, 0.29) is 17.2 Å². The molecule has 40 heavy (non-hydrogen) atoms. The Kier molecular flexibility index (Phi) is 8.52. The van der Waals surface area contributed by atoms with Gasteiger partial charge >= 0.3 is 0 Å². The van der Waals surface area contributed by atoms with Gasteiger partial charge in [0.2, 0.25) is 5.91 Å². The van der Waals surface area contributed by atoms with Crippen molar-refractivity contribution in [2.75, 3.05) is 26.5 Å². The van der Waals surface area contributed by atoms with Crippen LogP contribution in [0.2, 0.25) is 0 Å². The molecule has 7 nitrogen and oxygen atoms in total. The number of hydrogen-bond acceptors (Lipinski definition) is 7. The quantitative estimate of drug-likeness (QED) is 0.166. The number of carbonyl (C=O) groups excluding carboxylic acids is 1. The highest BCUT2D eigenvalue weighted by Crippen LogP contribution is 2.37. The van der Waals surface area contributed by atoms with Crippen molar-refractivity contribution in [1.82, 2.24) is 14.9 Å². The number of benzene rings is 3. The smallest absolute Gasteiger partial charge is 0.268 e. The van der Waals surface area contributed by atoms with E-state index in [4.69, 9.17) is 14.5 Å². The third kappa shape index (κ3) is 5.76. The van der Waals surface area contributed by atoms with Crippen LogP contribution in [-0.2, 0) is 11.2 Å². The summed E-state index contributed by atoms with van der Waals surface area (Å²) in [6.45, 7) is 2.48. The highest BCUT2D eigenvalue weighted by atomic mass is 32.2. The SMILES string of the molecule is COc1ccc(CCNC(=O)CSc2nc3sc(C)c(-c4ccccc4)c3c(=O)n2-c2ccccc2)cc1OC. The summed E-state index contributed by atoms with van der Waals surface area (Å²) in [6, 6.07) is 25.1. The second-order valence-electron chi connectivity index (χ2n) is 9.03. The summed E-state index contributed by atoms with van der Waals surface area (Å²) in [5, 5.41) is 4.05. The first-order valence-corrected chi connectivity index (χ1v) is 14.6. The van der Waals surface area contributed by atoms with Gasteiger partial charge in [0.25, 0.3) is 5.56 Å². The molecule has 0 aliphatic rings. The molecule has 0 radical (unpaired) electrons. The fourth-order valence-corrected chi connectivity index (χ4v) is 6.49. The molecule has 1 N–H and O–H groups in total. The van der Waals surface area contributed by atoms with Gasteiger partial charge in [-0.3, -0.25) is 14.2 Å². The number of ether oxygens (including phenoxy) is 2. The van der Waals surface area contributed by atoms with Gasteiger partial charge in [-0.1, -0.05) is 66.4 Å². The van der Waals surface area contributed by atoms with Crippen molar-refractivity contribution in [2.24, 2.45) is 0 Å². The predicted molar refractivity (Wildman–Crippen MR) is 162 cm³/mol. The summed E-state index contributed by atoms with van der Waals surface area (Å²) >= 11 is 2.76. The van der Waals surface area contributed by atoms with E-state index in [0.29, 0.717) is 45.5 Å². The number of hydrogen-bond donors (Lipinski definition) is 1. The number of nitrogens with one attached hydrogen (secondary N) is 1. The lowest BCUT2D eigenvalue weighted by Crippen LogP contribution is -2.28. The number of aryl methyl sites for hydroxylation is 1. The molecule has 0 unspecified atom stereocenters. The van der Waals surface area contributed by atoms with Crippen LogP contribution in [0.25, 0.3) is 27.0 Å². The zero-order chi connectivity index (χ0) is 28.1. The van der Waals surface area contributed by atoms with E-state index in [1.54, 1.807) is 18.8 Å². The summed E-state index contributed by atoms with van der Waals surface area (Å²) < 4.78 is 12.3. The Bertz CT molecular complexity index is 1700. The number of rotatable bonds is 10. The van der Waals surface area contributed by atoms with Crippen LogP contribution in [0.4, 0.5) is 0 Å². The molecule has 5 aromatic rings. The molecular formula is C31H29N3O4S2. The van der Waals surface area contributed by atoms with Crippen molar-refractivity contribution in [3.63, 3.8) is 0 Å². The summed E-state index contributed by atoms with van der Waals surface area (Å²) in [4.78, 5) is 33.4. The fourth-order valence-electron chi connectivity index (χ4n) is 4.56. The molecule has 0 spiro atoms. The maximum absolute atomic E-state index is 14.0. The Morgan fingerprint density at radius 2 is 1.68 bits per heavy atom. The largest absolute Gasteiger partial charge is 0.493 e. The van der Waals surface area contributed by atoms with Gasteiger partial charge in [0.15, 0.2) is 16.7 Å². The molecule has 2 aromatic heterocycles. The maximum Gasteiger partial charge on any atom is 0.268 e. The highest BCUT2D eigenvalue weighted by molar-refractivity contribution is 7.99. The van der Waals surface area contributed by atoms with Gasteiger partial charge in [0.05, 0.1) is 31.0 Å². The monoisotopic (exact) mass is 571 g/mol. The molecule has 204 valence electrons. The normalized spacial score (nSPS) is 11.0. The molecule has 0 saturated heterocycles. The molecule has 0 aliphatic carbocycles. The molecular weight excluding hydrogens is 542 g/mol. The number of aromatic nitrogens is 2. The lowest BCUT2D eigenvalue weighted by atomic mass is 10.0. The van der Waals surface area contributed by atoms with Gasteiger partial charge in [0, 0.05) is 17.0 Å². The third-order valence-electron chi connectivity index (χ3n) is 6.46. The molecule has 9 heteroatoms.